The molecule has 2 aromatic rings. The van der Waals surface area contributed by atoms with Crippen LogP contribution in [0, 0.1) is 5.82 Å². The number of fused-ring (bicyclic) bond motifs is 1. The number of halogens is 2. The fourth-order valence-corrected chi connectivity index (χ4v) is 3.27. The Morgan fingerprint density at radius 1 is 1.43 bits per heavy atom. The van der Waals surface area contributed by atoms with Crippen LogP contribution in [-0.2, 0) is 14.3 Å². The first-order valence-corrected chi connectivity index (χ1v) is 9.70. The molecule has 0 radical (unpaired) electrons. The molecule has 0 saturated heterocycles. The molecule has 1 unspecified atom stereocenters. The van der Waals surface area contributed by atoms with Crippen LogP contribution in [0.15, 0.2) is 22.7 Å². The third-order valence-corrected chi connectivity index (χ3v) is 4.29. The van der Waals surface area contributed by atoms with Crippen LogP contribution in [0.2, 0.25) is 0 Å². The maximum atomic E-state index is 13.2. The minimum atomic E-state index is -3.45. The molecule has 0 aliphatic rings. The highest BCUT2D eigenvalue weighted by Crippen LogP contribution is 2.30. The number of hydrogen-bond donors (Lipinski definition) is 0. The van der Waals surface area contributed by atoms with Crippen molar-refractivity contribution >= 4 is 43.7 Å². The van der Waals surface area contributed by atoms with Crippen LogP contribution in [0.4, 0.5) is 4.39 Å². The number of rotatable bonds is 7. The molecule has 0 aliphatic heterocycles. The van der Waals surface area contributed by atoms with E-state index in [1.54, 1.807) is 6.07 Å². The summed E-state index contributed by atoms with van der Waals surface area (Å²) in [5.41, 5.74) is 1.12. The Morgan fingerprint density at radius 3 is 2.86 bits per heavy atom. The van der Waals surface area contributed by atoms with E-state index in [4.69, 9.17) is 8.71 Å². The van der Waals surface area contributed by atoms with Gasteiger partial charge < -0.3 is 4.52 Å². The zero-order valence-electron chi connectivity index (χ0n) is 11.4. The lowest BCUT2D eigenvalue weighted by atomic mass is 9.96. The van der Waals surface area contributed by atoms with E-state index in [0.29, 0.717) is 12.0 Å². The molecule has 8 heteroatoms. The molecule has 0 bridgehead atoms. The first-order valence-electron chi connectivity index (χ1n) is 6.36. The lowest BCUT2D eigenvalue weighted by molar-refractivity contribution is 0.299. The van der Waals surface area contributed by atoms with Crippen molar-refractivity contribution in [3.8, 4) is 0 Å². The third kappa shape index (κ3) is 4.62. The van der Waals surface area contributed by atoms with Gasteiger partial charge >= 0.3 is 0 Å². The minimum Gasteiger partial charge on any atom is -0.356 e. The predicted molar refractivity (Wildman–Crippen MR) is 85.6 cm³/mol. The van der Waals surface area contributed by atoms with Gasteiger partial charge in [0.15, 0.2) is 5.58 Å². The van der Waals surface area contributed by atoms with Crippen molar-refractivity contribution in [3.05, 3.63) is 29.7 Å². The average Bonchev–Trinajstić information content (AvgIpc) is 2.79. The van der Waals surface area contributed by atoms with Crippen LogP contribution >= 0.6 is 22.6 Å². The van der Waals surface area contributed by atoms with Gasteiger partial charge in [0, 0.05) is 21.8 Å². The highest BCUT2D eigenvalue weighted by atomic mass is 127. The van der Waals surface area contributed by atoms with Crippen molar-refractivity contribution in [2.24, 2.45) is 0 Å². The molecule has 0 saturated carbocycles. The molecule has 0 fully saturated rings. The number of hydrogen-bond acceptors (Lipinski definition) is 5. The maximum absolute atomic E-state index is 13.2. The molecule has 21 heavy (non-hydrogen) atoms. The maximum Gasteiger partial charge on any atom is 0.264 e. The summed E-state index contributed by atoms with van der Waals surface area (Å²) in [5, 5.41) is 4.78. The van der Waals surface area contributed by atoms with Crippen molar-refractivity contribution in [1.82, 2.24) is 5.16 Å². The SMILES string of the molecule is CS(=O)(=O)OCCC(CCI)c1noc2cc(F)ccc12. The summed E-state index contributed by atoms with van der Waals surface area (Å²) in [6, 6.07) is 4.28. The summed E-state index contributed by atoms with van der Waals surface area (Å²) in [4.78, 5) is 0. The summed E-state index contributed by atoms with van der Waals surface area (Å²) < 4.78 is 46.0. The monoisotopic (exact) mass is 427 g/mol. The van der Waals surface area contributed by atoms with Crippen LogP contribution in [0.1, 0.15) is 24.5 Å². The molecule has 1 heterocycles. The zero-order chi connectivity index (χ0) is 15.5. The van der Waals surface area contributed by atoms with Gasteiger partial charge in [0.05, 0.1) is 18.6 Å². The Bertz CT molecular complexity index is 716. The Morgan fingerprint density at radius 2 is 2.19 bits per heavy atom. The first-order chi connectivity index (χ1) is 9.90. The second kappa shape index (κ2) is 7.01. The van der Waals surface area contributed by atoms with Crippen LogP contribution in [0.3, 0.4) is 0 Å². The Hall–Kier alpha value is -0.740. The summed E-state index contributed by atoms with van der Waals surface area (Å²) in [6.45, 7) is 0.0929. The Kier molecular flexibility index (Phi) is 5.55. The van der Waals surface area contributed by atoms with Gasteiger partial charge in [0.1, 0.15) is 5.82 Å². The number of aromatic nitrogens is 1. The van der Waals surface area contributed by atoms with E-state index in [0.717, 1.165) is 28.2 Å². The normalized spacial score (nSPS) is 13.7. The fraction of sp³-hybridized carbons (Fsp3) is 0.462. The Labute approximate surface area is 136 Å². The standard InChI is InChI=1S/C13H15FINO4S/c1-21(17,18)19-7-5-9(4-6-15)13-11-3-2-10(14)8-12(11)20-16-13/h2-3,8-9H,4-7H2,1H3. The average molecular weight is 427 g/mol. The van der Waals surface area contributed by atoms with Gasteiger partial charge in [0.2, 0.25) is 0 Å². The number of alkyl halides is 1. The second-order valence-corrected chi connectivity index (χ2v) is 7.42. The second-order valence-electron chi connectivity index (χ2n) is 4.70. The Balaban J connectivity index is 2.19. The van der Waals surface area contributed by atoms with Gasteiger partial charge in [-0.3, -0.25) is 4.18 Å². The van der Waals surface area contributed by atoms with Crippen molar-refractivity contribution in [3.63, 3.8) is 0 Å². The summed E-state index contributed by atoms with van der Waals surface area (Å²) in [5.74, 6) is -0.369. The molecule has 5 nitrogen and oxygen atoms in total. The highest BCUT2D eigenvalue weighted by Gasteiger charge is 2.20. The lowest BCUT2D eigenvalue weighted by Crippen LogP contribution is -2.09. The van der Waals surface area contributed by atoms with Crippen molar-refractivity contribution in [2.75, 3.05) is 17.3 Å². The molecule has 1 atom stereocenters. The highest BCUT2D eigenvalue weighted by molar-refractivity contribution is 14.1. The van der Waals surface area contributed by atoms with E-state index in [1.165, 1.54) is 12.1 Å². The van der Waals surface area contributed by atoms with E-state index >= 15 is 0 Å². The zero-order valence-corrected chi connectivity index (χ0v) is 14.4. The van der Waals surface area contributed by atoms with E-state index in [-0.39, 0.29) is 18.3 Å². The predicted octanol–water partition coefficient (Wildman–Crippen LogP) is 3.24. The van der Waals surface area contributed by atoms with E-state index in [9.17, 15) is 12.8 Å². The molecule has 0 spiro atoms. The summed E-state index contributed by atoms with van der Waals surface area (Å²) >= 11 is 2.25. The number of nitrogens with zero attached hydrogens (tertiary/aromatic N) is 1. The van der Waals surface area contributed by atoms with Crippen molar-refractivity contribution < 1.29 is 21.5 Å². The minimum absolute atomic E-state index is 0.00959. The molecule has 116 valence electrons. The van der Waals surface area contributed by atoms with Crippen LogP contribution in [0.5, 0.6) is 0 Å². The van der Waals surface area contributed by atoms with Crippen LogP contribution in [-0.4, -0.2) is 30.9 Å². The molecule has 2 rings (SSSR count). The summed E-state index contributed by atoms with van der Waals surface area (Å²) in [6.07, 6.45) is 2.34. The lowest BCUT2D eigenvalue weighted by Gasteiger charge is -2.12. The van der Waals surface area contributed by atoms with Crippen LogP contribution in [0.25, 0.3) is 11.0 Å². The van der Waals surface area contributed by atoms with Gasteiger partial charge in [-0.25, -0.2) is 4.39 Å². The largest absolute Gasteiger partial charge is 0.356 e. The third-order valence-electron chi connectivity index (χ3n) is 3.07. The topological polar surface area (TPSA) is 69.4 Å². The summed E-state index contributed by atoms with van der Waals surface area (Å²) in [7, 11) is -3.45. The quantitative estimate of drug-likeness (QED) is 0.386. The molecular weight excluding hydrogens is 412 g/mol. The van der Waals surface area contributed by atoms with Gasteiger partial charge in [-0.1, -0.05) is 27.7 Å². The smallest absolute Gasteiger partial charge is 0.264 e. The van der Waals surface area contributed by atoms with Gasteiger partial charge in [-0.2, -0.15) is 8.42 Å². The molecule has 0 aliphatic carbocycles. The molecular formula is C13H15FINO4S. The van der Waals surface area contributed by atoms with Crippen molar-refractivity contribution in [1.29, 1.82) is 0 Å². The van der Waals surface area contributed by atoms with Gasteiger partial charge in [0.25, 0.3) is 10.1 Å². The van der Waals surface area contributed by atoms with Crippen molar-refractivity contribution in [2.45, 2.75) is 18.8 Å². The van der Waals surface area contributed by atoms with E-state index in [2.05, 4.69) is 27.7 Å². The molecule has 0 N–H and O–H groups in total. The van der Waals surface area contributed by atoms with Gasteiger partial charge in [-0.15, -0.1) is 0 Å². The molecule has 0 amide bonds. The van der Waals surface area contributed by atoms with Gasteiger partial charge in [-0.05, 0) is 25.0 Å². The molecule has 1 aromatic carbocycles. The molecule has 1 aromatic heterocycles. The first kappa shape index (κ1) is 16.6. The van der Waals surface area contributed by atoms with Crippen LogP contribution < -0.4 is 0 Å². The fourth-order valence-electron chi connectivity index (χ4n) is 2.12. The van der Waals surface area contributed by atoms with E-state index < -0.39 is 10.1 Å². The number of benzene rings is 1. The van der Waals surface area contributed by atoms with E-state index in [1.807, 2.05) is 0 Å².